The predicted octanol–water partition coefficient (Wildman–Crippen LogP) is 2.72. The van der Waals surface area contributed by atoms with Crippen molar-refractivity contribution in [3.63, 3.8) is 0 Å². The minimum atomic E-state index is 0.663. The zero-order valence-corrected chi connectivity index (χ0v) is 12.5. The van der Waals surface area contributed by atoms with E-state index in [1.54, 1.807) is 0 Å². The summed E-state index contributed by atoms with van der Waals surface area (Å²) in [6.45, 7) is 0. The highest BCUT2D eigenvalue weighted by molar-refractivity contribution is 5.33. The van der Waals surface area contributed by atoms with Crippen LogP contribution < -0.4 is 10.2 Å². The summed E-state index contributed by atoms with van der Waals surface area (Å²) in [5, 5.41) is 3.74. The number of rotatable bonds is 3. The summed E-state index contributed by atoms with van der Waals surface area (Å²) in [4.78, 5) is 7.14. The zero-order chi connectivity index (χ0) is 13.5. The summed E-state index contributed by atoms with van der Waals surface area (Å²) in [5.74, 6) is 1.20. The first-order chi connectivity index (χ1) is 9.81. The highest BCUT2D eigenvalue weighted by atomic mass is 15.3. The Labute approximate surface area is 121 Å². The Morgan fingerprint density at radius 3 is 2.55 bits per heavy atom. The number of hydrogen-bond donors (Lipinski definition) is 1. The van der Waals surface area contributed by atoms with E-state index in [2.05, 4.69) is 33.0 Å². The average molecular weight is 274 g/mol. The second-order valence-corrected chi connectivity index (χ2v) is 6.95. The number of anilines is 1. The van der Waals surface area contributed by atoms with Crippen LogP contribution in [0.4, 0.5) is 5.95 Å². The Hall–Kier alpha value is -1.03. The Bertz CT molecular complexity index is 451. The lowest BCUT2D eigenvalue weighted by Crippen LogP contribution is -2.47. The molecule has 20 heavy (non-hydrogen) atoms. The summed E-state index contributed by atoms with van der Waals surface area (Å²) in [7, 11) is 2.25. The van der Waals surface area contributed by atoms with Gasteiger partial charge >= 0.3 is 0 Å². The van der Waals surface area contributed by atoms with Gasteiger partial charge in [-0.3, -0.25) is 0 Å². The van der Waals surface area contributed by atoms with Crippen LogP contribution in [0.25, 0.3) is 0 Å². The molecule has 1 aromatic rings. The van der Waals surface area contributed by atoms with Crippen molar-refractivity contribution in [3.8, 4) is 0 Å². The second-order valence-electron chi connectivity index (χ2n) is 6.95. The van der Waals surface area contributed by atoms with Crippen LogP contribution in [0.5, 0.6) is 0 Å². The van der Waals surface area contributed by atoms with Crippen molar-refractivity contribution in [1.29, 1.82) is 0 Å². The van der Waals surface area contributed by atoms with Crippen molar-refractivity contribution in [2.75, 3.05) is 11.9 Å². The van der Waals surface area contributed by atoms with Crippen LogP contribution >= 0.6 is 0 Å². The van der Waals surface area contributed by atoms with Gasteiger partial charge in [0.15, 0.2) is 0 Å². The van der Waals surface area contributed by atoms with Crippen LogP contribution in [0.2, 0.25) is 0 Å². The van der Waals surface area contributed by atoms with Gasteiger partial charge in [0.05, 0.1) is 0 Å². The lowest BCUT2D eigenvalue weighted by atomic mass is 9.99. The molecule has 4 nitrogen and oxygen atoms in total. The highest BCUT2D eigenvalue weighted by Crippen LogP contribution is 2.35. The monoisotopic (exact) mass is 274 g/mol. The fourth-order valence-corrected chi connectivity index (χ4v) is 4.55. The van der Waals surface area contributed by atoms with E-state index in [9.17, 15) is 0 Å². The van der Waals surface area contributed by atoms with Gasteiger partial charge in [-0.2, -0.15) is 0 Å². The number of imidazole rings is 1. The Morgan fingerprint density at radius 2 is 1.85 bits per heavy atom. The van der Waals surface area contributed by atoms with E-state index in [0.29, 0.717) is 12.1 Å². The highest BCUT2D eigenvalue weighted by Gasteiger charge is 2.36. The average Bonchev–Trinajstić information content (AvgIpc) is 3.17. The van der Waals surface area contributed by atoms with Crippen LogP contribution in [0.1, 0.15) is 57.4 Å². The molecule has 2 atom stereocenters. The Morgan fingerprint density at radius 1 is 1.15 bits per heavy atom. The van der Waals surface area contributed by atoms with Gasteiger partial charge in [0.1, 0.15) is 0 Å². The van der Waals surface area contributed by atoms with Gasteiger partial charge in [-0.25, -0.2) is 4.98 Å². The standard InChI is InChI=1S/C16H26N4/c1-19(15-10-12-6-7-13(11-15)18-12)16-17-8-9-20(16)14-4-2-3-5-14/h8-9,12-15,18H,2-7,10-11H2,1H3. The maximum atomic E-state index is 4.67. The number of hydrogen-bond acceptors (Lipinski definition) is 3. The van der Waals surface area contributed by atoms with E-state index in [4.69, 9.17) is 0 Å². The molecule has 2 saturated heterocycles. The normalized spacial score (nSPS) is 33.8. The summed E-state index contributed by atoms with van der Waals surface area (Å²) in [6, 6.07) is 2.84. The molecule has 0 spiro atoms. The van der Waals surface area contributed by atoms with Gasteiger partial charge < -0.3 is 14.8 Å². The van der Waals surface area contributed by atoms with Crippen LogP contribution in [0.15, 0.2) is 12.4 Å². The minimum absolute atomic E-state index is 0.663. The summed E-state index contributed by atoms with van der Waals surface area (Å²) in [5.41, 5.74) is 0. The summed E-state index contributed by atoms with van der Waals surface area (Å²) >= 11 is 0. The Balaban J connectivity index is 1.53. The molecule has 2 bridgehead atoms. The van der Waals surface area contributed by atoms with Crippen LogP contribution in [-0.4, -0.2) is 34.7 Å². The molecule has 4 rings (SSSR count). The number of aromatic nitrogens is 2. The lowest BCUT2D eigenvalue weighted by molar-refractivity contribution is 0.349. The third-order valence-electron chi connectivity index (χ3n) is 5.68. The molecule has 2 aliphatic heterocycles. The van der Waals surface area contributed by atoms with E-state index in [0.717, 1.165) is 12.1 Å². The molecule has 3 aliphatic rings. The fraction of sp³-hybridized carbons (Fsp3) is 0.812. The molecule has 1 aliphatic carbocycles. The van der Waals surface area contributed by atoms with Crippen molar-refractivity contribution >= 4 is 5.95 Å². The van der Waals surface area contributed by atoms with Gasteiger partial charge in [-0.1, -0.05) is 12.8 Å². The molecular weight excluding hydrogens is 248 g/mol. The molecular formula is C16H26N4. The predicted molar refractivity (Wildman–Crippen MR) is 81.1 cm³/mol. The SMILES string of the molecule is CN(c1nccn1C1CCCC1)C1CC2CCC(C1)N2. The van der Waals surface area contributed by atoms with Gasteiger partial charge in [-0.05, 0) is 38.5 Å². The van der Waals surface area contributed by atoms with E-state index >= 15 is 0 Å². The summed E-state index contributed by atoms with van der Waals surface area (Å²) < 4.78 is 2.44. The topological polar surface area (TPSA) is 33.1 Å². The molecule has 2 unspecified atom stereocenters. The van der Waals surface area contributed by atoms with Crippen LogP contribution in [0.3, 0.4) is 0 Å². The number of fused-ring (bicyclic) bond motifs is 2. The zero-order valence-electron chi connectivity index (χ0n) is 12.5. The first-order valence-electron chi connectivity index (χ1n) is 8.33. The van der Waals surface area contributed by atoms with E-state index in [-0.39, 0.29) is 0 Å². The van der Waals surface area contributed by atoms with Crippen molar-refractivity contribution in [1.82, 2.24) is 14.9 Å². The van der Waals surface area contributed by atoms with Gasteiger partial charge in [0.25, 0.3) is 0 Å². The molecule has 3 heterocycles. The first-order valence-corrected chi connectivity index (χ1v) is 8.33. The maximum Gasteiger partial charge on any atom is 0.205 e. The molecule has 1 saturated carbocycles. The molecule has 0 amide bonds. The third kappa shape index (κ3) is 2.14. The number of piperidine rings is 1. The second kappa shape index (κ2) is 5.06. The van der Waals surface area contributed by atoms with E-state index < -0.39 is 0 Å². The number of nitrogens with zero attached hydrogens (tertiary/aromatic N) is 3. The molecule has 4 heteroatoms. The van der Waals surface area contributed by atoms with Crippen molar-refractivity contribution in [2.45, 2.75) is 75.5 Å². The molecule has 1 aromatic heterocycles. The van der Waals surface area contributed by atoms with Crippen molar-refractivity contribution in [2.24, 2.45) is 0 Å². The van der Waals surface area contributed by atoms with Crippen LogP contribution in [0, 0.1) is 0 Å². The van der Waals surface area contributed by atoms with Gasteiger partial charge in [-0.15, -0.1) is 0 Å². The van der Waals surface area contributed by atoms with Gasteiger partial charge in [0.2, 0.25) is 5.95 Å². The van der Waals surface area contributed by atoms with E-state index in [1.165, 1.54) is 57.3 Å². The lowest BCUT2D eigenvalue weighted by Gasteiger charge is -2.36. The smallest absolute Gasteiger partial charge is 0.205 e. The largest absolute Gasteiger partial charge is 0.342 e. The number of nitrogens with one attached hydrogen (secondary N) is 1. The first kappa shape index (κ1) is 12.7. The molecule has 0 aromatic carbocycles. The minimum Gasteiger partial charge on any atom is -0.342 e. The molecule has 1 N–H and O–H groups in total. The summed E-state index contributed by atoms with van der Waals surface area (Å²) in [6.07, 6.45) is 14.9. The third-order valence-corrected chi connectivity index (χ3v) is 5.68. The quantitative estimate of drug-likeness (QED) is 0.920. The Kier molecular flexibility index (Phi) is 3.21. The van der Waals surface area contributed by atoms with Crippen LogP contribution in [-0.2, 0) is 0 Å². The molecule has 3 fully saturated rings. The van der Waals surface area contributed by atoms with Crippen molar-refractivity contribution in [3.05, 3.63) is 12.4 Å². The maximum absolute atomic E-state index is 4.67. The van der Waals surface area contributed by atoms with E-state index in [1.807, 2.05) is 6.20 Å². The molecule has 0 radical (unpaired) electrons. The fourth-order valence-electron chi connectivity index (χ4n) is 4.55. The van der Waals surface area contributed by atoms with Gasteiger partial charge in [0, 0.05) is 43.6 Å². The van der Waals surface area contributed by atoms with Crippen molar-refractivity contribution < 1.29 is 0 Å². The molecule has 110 valence electrons.